The molecule has 1 rings (SSSR count). The van der Waals surface area contributed by atoms with Gasteiger partial charge in [0.2, 0.25) is 10.0 Å². The van der Waals surface area contributed by atoms with Gasteiger partial charge in [-0.15, -0.1) is 0 Å². The maximum atomic E-state index is 11.4. The molecule has 0 heterocycles. The van der Waals surface area contributed by atoms with Gasteiger partial charge < -0.3 is 11.1 Å². The Morgan fingerprint density at radius 3 is 2.55 bits per heavy atom. The molecule has 1 fully saturated rings. The fraction of sp³-hybridized carbons (Fsp3) is 0.923. The first-order valence-corrected chi connectivity index (χ1v) is 9.30. The number of nitrogens with one attached hydrogen (secondary N) is 1. The van der Waals surface area contributed by atoms with E-state index in [0.29, 0.717) is 38.1 Å². The molecule has 0 bridgehead atoms. The quantitative estimate of drug-likeness (QED) is 0.415. The molecule has 0 aromatic heterocycles. The highest BCUT2D eigenvalue weighted by Crippen LogP contribution is 2.16. The lowest BCUT2D eigenvalue weighted by Gasteiger charge is -2.23. The zero-order chi connectivity index (χ0) is 15.0. The SMILES string of the molecule is CCN(CCCN=C(N)NC1CCCCC1)S(C)(=O)=O. The number of aliphatic imine (C=N–C) groups is 1. The number of sulfonamides is 1. The summed E-state index contributed by atoms with van der Waals surface area (Å²) < 4.78 is 24.3. The van der Waals surface area contributed by atoms with E-state index < -0.39 is 10.0 Å². The van der Waals surface area contributed by atoms with Crippen molar-refractivity contribution in [1.82, 2.24) is 9.62 Å². The first kappa shape index (κ1) is 17.2. The molecule has 0 unspecified atom stereocenters. The van der Waals surface area contributed by atoms with Crippen molar-refractivity contribution in [3.8, 4) is 0 Å². The molecular formula is C13H28N4O2S. The summed E-state index contributed by atoms with van der Waals surface area (Å²) in [4.78, 5) is 4.27. The van der Waals surface area contributed by atoms with Gasteiger partial charge in [-0.1, -0.05) is 26.2 Å². The van der Waals surface area contributed by atoms with Crippen LogP contribution in [-0.2, 0) is 10.0 Å². The standard InChI is InChI=1S/C13H28N4O2S/c1-3-17(20(2,18)19)11-7-10-15-13(14)16-12-8-5-4-6-9-12/h12H,3-11H2,1-2H3,(H3,14,15,16). The van der Waals surface area contributed by atoms with Crippen molar-refractivity contribution >= 4 is 16.0 Å². The lowest BCUT2D eigenvalue weighted by Crippen LogP contribution is -2.41. The maximum absolute atomic E-state index is 11.4. The molecule has 20 heavy (non-hydrogen) atoms. The molecule has 0 radical (unpaired) electrons. The fourth-order valence-corrected chi connectivity index (χ4v) is 3.44. The van der Waals surface area contributed by atoms with Crippen LogP contribution < -0.4 is 11.1 Å². The Kier molecular flexibility index (Phi) is 7.29. The van der Waals surface area contributed by atoms with E-state index in [1.54, 1.807) is 0 Å². The average Bonchev–Trinajstić information content (AvgIpc) is 2.38. The van der Waals surface area contributed by atoms with E-state index in [4.69, 9.17) is 5.73 Å². The summed E-state index contributed by atoms with van der Waals surface area (Å²) in [7, 11) is -3.10. The van der Waals surface area contributed by atoms with Crippen molar-refractivity contribution in [3.63, 3.8) is 0 Å². The zero-order valence-corrected chi connectivity index (χ0v) is 13.5. The first-order valence-electron chi connectivity index (χ1n) is 7.45. The summed E-state index contributed by atoms with van der Waals surface area (Å²) in [6, 6.07) is 0.454. The van der Waals surface area contributed by atoms with Gasteiger partial charge in [0.25, 0.3) is 0 Å². The number of guanidine groups is 1. The van der Waals surface area contributed by atoms with E-state index in [9.17, 15) is 8.42 Å². The van der Waals surface area contributed by atoms with Crippen LogP contribution in [0.15, 0.2) is 4.99 Å². The number of nitrogens with two attached hydrogens (primary N) is 1. The van der Waals surface area contributed by atoms with Crippen LogP contribution >= 0.6 is 0 Å². The molecule has 0 atom stereocenters. The van der Waals surface area contributed by atoms with E-state index in [1.807, 2.05) is 6.92 Å². The van der Waals surface area contributed by atoms with Crippen LogP contribution in [0.5, 0.6) is 0 Å². The van der Waals surface area contributed by atoms with Crippen LogP contribution in [0.4, 0.5) is 0 Å². The van der Waals surface area contributed by atoms with Crippen LogP contribution in [-0.4, -0.2) is 50.6 Å². The van der Waals surface area contributed by atoms with E-state index >= 15 is 0 Å². The summed E-state index contributed by atoms with van der Waals surface area (Å²) in [5, 5.41) is 3.25. The minimum atomic E-state index is -3.10. The van der Waals surface area contributed by atoms with Gasteiger partial charge in [0.05, 0.1) is 6.26 Å². The minimum Gasteiger partial charge on any atom is -0.370 e. The summed E-state index contributed by atoms with van der Waals surface area (Å²) in [5.74, 6) is 0.485. The minimum absolute atomic E-state index is 0.454. The van der Waals surface area contributed by atoms with Crippen molar-refractivity contribution in [2.75, 3.05) is 25.9 Å². The van der Waals surface area contributed by atoms with Crippen molar-refractivity contribution in [1.29, 1.82) is 0 Å². The van der Waals surface area contributed by atoms with Crippen molar-refractivity contribution in [2.24, 2.45) is 10.7 Å². The second-order valence-corrected chi connectivity index (χ2v) is 7.34. The highest BCUT2D eigenvalue weighted by Gasteiger charge is 2.14. The van der Waals surface area contributed by atoms with Crippen LogP contribution in [0.3, 0.4) is 0 Å². The number of rotatable bonds is 7. The predicted molar refractivity (Wildman–Crippen MR) is 83.2 cm³/mol. The zero-order valence-electron chi connectivity index (χ0n) is 12.6. The Balaban J connectivity index is 2.25. The fourth-order valence-electron chi connectivity index (χ4n) is 2.51. The summed E-state index contributed by atoms with van der Waals surface area (Å²) in [5.41, 5.74) is 5.85. The van der Waals surface area contributed by atoms with Gasteiger partial charge in [-0.3, -0.25) is 4.99 Å². The molecule has 3 N–H and O–H groups in total. The Morgan fingerprint density at radius 1 is 1.35 bits per heavy atom. The monoisotopic (exact) mass is 304 g/mol. The molecule has 6 nitrogen and oxygen atoms in total. The molecule has 0 aromatic carbocycles. The smallest absolute Gasteiger partial charge is 0.211 e. The van der Waals surface area contributed by atoms with Gasteiger partial charge in [-0.05, 0) is 19.3 Å². The van der Waals surface area contributed by atoms with E-state index in [0.717, 1.165) is 12.8 Å². The second-order valence-electron chi connectivity index (χ2n) is 5.35. The topological polar surface area (TPSA) is 87.8 Å². The average molecular weight is 304 g/mol. The Hall–Kier alpha value is -0.820. The lowest BCUT2D eigenvalue weighted by molar-refractivity contribution is 0.411. The molecule has 1 aliphatic rings. The molecule has 1 saturated carbocycles. The van der Waals surface area contributed by atoms with Gasteiger partial charge in [0, 0.05) is 25.7 Å². The molecule has 1 aliphatic carbocycles. The molecule has 0 spiro atoms. The molecule has 0 saturated heterocycles. The normalized spacial score (nSPS) is 18.4. The van der Waals surface area contributed by atoms with E-state index in [-0.39, 0.29) is 0 Å². The van der Waals surface area contributed by atoms with Crippen LogP contribution in [0.2, 0.25) is 0 Å². The van der Waals surface area contributed by atoms with Crippen LogP contribution in [0.1, 0.15) is 45.4 Å². The van der Waals surface area contributed by atoms with E-state index in [2.05, 4.69) is 10.3 Å². The van der Waals surface area contributed by atoms with Gasteiger partial charge in [-0.2, -0.15) is 0 Å². The number of nitrogens with zero attached hydrogens (tertiary/aromatic N) is 2. The van der Waals surface area contributed by atoms with Crippen molar-refractivity contribution in [2.45, 2.75) is 51.5 Å². The van der Waals surface area contributed by atoms with Gasteiger partial charge in [0.1, 0.15) is 0 Å². The third-order valence-corrected chi connectivity index (χ3v) is 5.01. The van der Waals surface area contributed by atoms with E-state index in [1.165, 1.54) is 29.8 Å². The van der Waals surface area contributed by atoms with Gasteiger partial charge in [-0.25, -0.2) is 12.7 Å². The largest absolute Gasteiger partial charge is 0.370 e. The Morgan fingerprint density at radius 2 is 2.00 bits per heavy atom. The highest BCUT2D eigenvalue weighted by molar-refractivity contribution is 7.88. The predicted octanol–water partition coefficient (Wildman–Crippen LogP) is 0.895. The van der Waals surface area contributed by atoms with Gasteiger partial charge in [0.15, 0.2) is 5.96 Å². The van der Waals surface area contributed by atoms with Crippen LogP contribution in [0, 0.1) is 0 Å². The molecule has 0 aromatic rings. The molecular weight excluding hydrogens is 276 g/mol. The summed E-state index contributed by atoms with van der Waals surface area (Å²) in [6.45, 7) is 3.38. The summed E-state index contributed by atoms with van der Waals surface area (Å²) in [6.07, 6.45) is 8.07. The molecule has 7 heteroatoms. The molecule has 0 aliphatic heterocycles. The third kappa shape index (κ3) is 6.56. The van der Waals surface area contributed by atoms with Crippen LogP contribution in [0.25, 0.3) is 0 Å². The second kappa shape index (κ2) is 8.46. The maximum Gasteiger partial charge on any atom is 0.211 e. The Bertz CT molecular complexity index is 403. The lowest BCUT2D eigenvalue weighted by atomic mass is 9.96. The first-order chi connectivity index (χ1) is 9.43. The Labute approximate surface area is 122 Å². The van der Waals surface area contributed by atoms with Crippen molar-refractivity contribution in [3.05, 3.63) is 0 Å². The van der Waals surface area contributed by atoms with Gasteiger partial charge >= 0.3 is 0 Å². The molecule has 118 valence electrons. The summed E-state index contributed by atoms with van der Waals surface area (Å²) >= 11 is 0. The highest BCUT2D eigenvalue weighted by atomic mass is 32.2. The van der Waals surface area contributed by atoms with Crippen molar-refractivity contribution < 1.29 is 8.42 Å². The third-order valence-electron chi connectivity index (χ3n) is 3.63. The number of hydrogen-bond acceptors (Lipinski definition) is 3. The molecule has 0 amide bonds. The number of hydrogen-bond donors (Lipinski definition) is 2.